The predicted octanol–water partition coefficient (Wildman–Crippen LogP) is 2.14. The fourth-order valence-corrected chi connectivity index (χ4v) is 2.62. The molecule has 146 valence electrons. The van der Waals surface area contributed by atoms with Crippen molar-refractivity contribution in [1.82, 2.24) is 9.47 Å². The number of carbonyl (C=O) groups is 1. The predicted molar refractivity (Wildman–Crippen MR) is 106 cm³/mol. The summed E-state index contributed by atoms with van der Waals surface area (Å²) in [5, 5.41) is 10.3. The molecule has 0 spiro atoms. The Morgan fingerprint density at radius 1 is 1.29 bits per heavy atom. The Kier molecular flexibility index (Phi) is 5.74. The van der Waals surface area contributed by atoms with Crippen LogP contribution in [0.4, 0.5) is 0 Å². The average molecular weight is 380 g/mol. The zero-order valence-electron chi connectivity index (χ0n) is 16.4. The van der Waals surface area contributed by atoms with Crippen LogP contribution in [0.15, 0.2) is 35.1 Å². The molecule has 1 aliphatic carbocycles. The van der Waals surface area contributed by atoms with Crippen LogP contribution < -0.4 is 10.3 Å². The van der Waals surface area contributed by atoms with E-state index in [9.17, 15) is 14.7 Å². The van der Waals surface area contributed by atoms with Gasteiger partial charge in [0.2, 0.25) is 0 Å². The van der Waals surface area contributed by atoms with Gasteiger partial charge in [-0.3, -0.25) is 9.59 Å². The number of rotatable bonds is 5. The number of aromatic hydroxyl groups is 1. The highest BCUT2D eigenvalue weighted by atomic mass is 16.5. The molecule has 6 heteroatoms. The zero-order valence-corrected chi connectivity index (χ0v) is 16.4. The fraction of sp³-hybridized carbons (Fsp3) is 0.364. The number of aromatic nitrogens is 1. The minimum absolute atomic E-state index is 0.116. The van der Waals surface area contributed by atoms with Gasteiger partial charge in [0.1, 0.15) is 11.5 Å². The Hall–Kier alpha value is -3.20. The smallest absolute Gasteiger partial charge is 0.259 e. The van der Waals surface area contributed by atoms with Gasteiger partial charge in [-0.25, -0.2) is 0 Å². The minimum Gasteiger partial charge on any atom is -0.508 e. The highest BCUT2D eigenvalue weighted by molar-refractivity contribution is 5.77. The normalized spacial score (nSPS) is 12.8. The van der Waals surface area contributed by atoms with E-state index in [1.165, 1.54) is 11.0 Å². The van der Waals surface area contributed by atoms with Gasteiger partial charge < -0.3 is 19.3 Å². The summed E-state index contributed by atoms with van der Waals surface area (Å²) in [4.78, 5) is 25.5. The molecule has 0 bridgehead atoms. The van der Waals surface area contributed by atoms with E-state index >= 15 is 0 Å². The van der Waals surface area contributed by atoms with Crippen molar-refractivity contribution in [3.8, 4) is 23.3 Å². The summed E-state index contributed by atoms with van der Waals surface area (Å²) in [6.45, 7) is 1.90. The number of aryl methyl sites for hydroxylation is 1. The Bertz CT molecular complexity index is 1010. The Morgan fingerprint density at radius 2 is 2.04 bits per heavy atom. The Morgan fingerprint density at radius 3 is 2.64 bits per heavy atom. The van der Waals surface area contributed by atoms with Gasteiger partial charge in [-0.15, -0.1) is 0 Å². The summed E-state index contributed by atoms with van der Waals surface area (Å²) >= 11 is 0. The molecule has 1 heterocycles. The first-order valence-corrected chi connectivity index (χ1v) is 9.21. The van der Waals surface area contributed by atoms with Gasteiger partial charge in [-0.2, -0.15) is 0 Å². The summed E-state index contributed by atoms with van der Waals surface area (Å²) in [6, 6.07) is 8.34. The summed E-state index contributed by atoms with van der Waals surface area (Å²) in [6.07, 6.45) is 2.31. The van der Waals surface area contributed by atoms with E-state index in [4.69, 9.17) is 4.74 Å². The van der Waals surface area contributed by atoms with Crippen molar-refractivity contribution in [3.05, 3.63) is 57.5 Å². The van der Waals surface area contributed by atoms with E-state index in [-0.39, 0.29) is 30.4 Å². The molecule has 1 fully saturated rings. The molecule has 0 unspecified atom stereocenters. The third-order valence-electron chi connectivity index (χ3n) is 4.58. The van der Waals surface area contributed by atoms with Crippen LogP contribution in [0.2, 0.25) is 0 Å². The summed E-state index contributed by atoms with van der Waals surface area (Å²) in [7, 11) is 3.29. The summed E-state index contributed by atoms with van der Waals surface area (Å²) in [5.74, 6) is 7.02. The minimum atomic E-state index is -0.260. The van der Waals surface area contributed by atoms with Crippen LogP contribution in [-0.4, -0.2) is 41.2 Å². The molecule has 0 saturated heterocycles. The molecule has 0 atom stereocenters. The van der Waals surface area contributed by atoms with Gasteiger partial charge in [0, 0.05) is 42.9 Å². The second kappa shape index (κ2) is 8.22. The second-order valence-corrected chi connectivity index (χ2v) is 7.22. The summed E-state index contributed by atoms with van der Waals surface area (Å²) < 4.78 is 6.96. The molecule has 28 heavy (non-hydrogen) atoms. The zero-order chi connectivity index (χ0) is 20.3. The number of ether oxygens (including phenoxy) is 1. The van der Waals surface area contributed by atoms with Crippen molar-refractivity contribution >= 4 is 5.91 Å². The first kappa shape index (κ1) is 19.6. The highest BCUT2D eigenvalue weighted by Crippen LogP contribution is 2.28. The molecule has 1 N–H and O–H groups in total. The number of phenolic OH excluding ortho intramolecular Hbond substituents is 1. The van der Waals surface area contributed by atoms with E-state index in [2.05, 4.69) is 11.8 Å². The lowest BCUT2D eigenvalue weighted by atomic mass is 10.1. The number of benzene rings is 1. The first-order valence-electron chi connectivity index (χ1n) is 9.21. The van der Waals surface area contributed by atoms with Crippen LogP contribution in [0.25, 0.3) is 0 Å². The van der Waals surface area contributed by atoms with Gasteiger partial charge in [0.15, 0.2) is 6.61 Å². The molecule has 1 aromatic carbocycles. The van der Waals surface area contributed by atoms with Crippen molar-refractivity contribution in [1.29, 1.82) is 0 Å². The highest BCUT2D eigenvalue weighted by Gasteiger charge is 2.17. The van der Waals surface area contributed by atoms with Crippen LogP contribution in [-0.2, 0) is 11.3 Å². The number of amides is 1. The van der Waals surface area contributed by atoms with Crippen molar-refractivity contribution in [2.24, 2.45) is 5.92 Å². The quantitative estimate of drug-likeness (QED) is 0.807. The third-order valence-corrected chi connectivity index (χ3v) is 4.58. The maximum Gasteiger partial charge on any atom is 0.259 e. The largest absolute Gasteiger partial charge is 0.508 e. The Balaban J connectivity index is 1.74. The number of carbonyl (C=O) groups excluding carboxylic acids is 1. The molecule has 0 aliphatic heterocycles. The number of hydrogen-bond acceptors (Lipinski definition) is 4. The van der Waals surface area contributed by atoms with Crippen LogP contribution in [0.3, 0.4) is 0 Å². The molecule has 3 rings (SSSR count). The second-order valence-electron chi connectivity index (χ2n) is 7.22. The van der Waals surface area contributed by atoms with Gasteiger partial charge in [0.25, 0.3) is 11.5 Å². The van der Waals surface area contributed by atoms with Crippen molar-refractivity contribution in [2.45, 2.75) is 26.3 Å². The van der Waals surface area contributed by atoms with Crippen molar-refractivity contribution in [3.63, 3.8) is 0 Å². The maximum absolute atomic E-state index is 12.5. The average Bonchev–Trinajstić information content (AvgIpc) is 3.46. The number of phenols is 1. The first-order chi connectivity index (χ1) is 13.3. The molecular weight excluding hydrogens is 356 g/mol. The van der Waals surface area contributed by atoms with Crippen LogP contribution in [0, 0.1) is 24.7 Å². The molecule has 1 aromatic heterocycles. The van der Waals surface area contributed by atoms with Crippen LogP contribution >= 0.6 is 0 Å². The van der Waals surface area contributed by atoms with Gasteiger partial charge >= 0.3 is 0 Å². The molecular formula is C22H24N2O4. The van der Waals surface area contributed by atoms with Crippen molar-refractivity contribution in [2.75, 3.05) is 20.7 Å². The lowest BCUT2D eigenvalue weighted by Gasteiger charge is -2.14. The lowest BCUT2D eigenvalue weighted by molar-refractivity contribution is -0.130. The molecule has 6 nitrogen and oxygen atoms in total. The molecule has 2 aromatic rings. The van der Waals surface area contributed by atoms with Crippen LogP contribution in [0.5, 0.6) is 11.5 Å². The number of pyridine rings is 1. The van der Waals surface area contributed by atoms with Gasteiger partial charge in [-0.05, 0) is 38.0 Å². The standard InChI is InChI=1S/C22H24N2O4/c1-15-10-19(28-14-22(27)23(2)3)12-21(26)24(15)13-18-9-8-17(11-20(18)25)7-6-16-4-5-16/h8-12,16,25H,4-5,13-14H2,1-3H3. The van der Waals surface area contributed by atoms with E-state index in [0.717, 1.165) is 18.4 Å². The topological polar surface area (TPSA) is 71.8 Å². The van der Waals surface area contributed by atoms with E-state index in [1.807, 2.05) is 6.07 Å². The maximum atomic E-state index is 12.5. The van der Waals surface area contributed by atoms with E-state index < -0.39 is 0 Å². The molecule has 1 aliphatic rings. The number of likely N-dealkylation sites (N-methyl/N-ethyl adjacent to an activating group) is 1. The Labute approximate surface area is 164 Å². The van der Waals surface area contributed by atoms with Crippen LogP contribution in [0.1, 0.15) is 29.7 Å². The van der Waals surface area contributed by atoms with E-state index in [0.29, 0.717) is 22.9 Å². The molecule has 1 amide bonds. The lowest BCUT2D eigenvalue weighted by Crippen LogP contribution is -2.28. The number of nitrogens with zero attached hydrogens (tertiary/aromatic N) is 2. The molecule has 0 radical (unpaired) electrons. The SMILES string of the molecule is Cc1cc(OCC(=O)N(C)C)cc(=O)n1Cc1ccc(C#CC2CC2)cc1O. The third kappa shape index (κ3) is 4.95. The van der Waals surface area contributed by atoms with Gasteiger partial charge in [-0.1, -0.05) is 17.9 Å². The van der Waals surface area contributed by atoms with E-state index in [1.54, 1.807) is 43.8 Å². The fourth-order valence-electron chi connectivity index (χ4n) is 2.62. The monoisotopic (exact) mass is 380 g/mol. The number of hydrogen-bond donors (Lipinski definition) is 1. The van der Waals surface area contributed by atoms with Gasteiger partial charge in [0.05, 0.1) is 6.54 Å². The van der Waals surface area contributed by atoms with Crippen molar-refractivity contribution < 1.29 is 14.6 Å². The molecule has 1 saturated carbocycles. The summed E-state index contributed by atoms with van der Waals surface area (Å²) in [5.41, 5.74) is 1.83.